The van der Waals surface area contributed by atoms with Crippen LogP contribution in [0.15, 0.2) is 53.3 Å². The highest BCUT2D eigenvalue weighted by Crippen LogP contribution is 2.17. The van der Waals surface area contributed by atoms with Crippen LogP contribution in [0, 0.1) is 5.82 Å². The van der Waals surface area contributed by atoms with Crippen LogP contribution in [0.4, 0.5) is 4.39 Å². The second kappa shape index (κ2) is 9.72. The van der Waals surface area contributed by atoms with E-state index >= 15 is 0 Å². The summed E-state index contributed by atoms with van der Waals surface area (Å²) in [5.74, 6) is 0.661. The maximum atomic E-state index is 13.3. The zero-order chi connectivity index (χ0) is 23.5. The number of amides is 1. The molecule has 0 saturated carbocycles. The van der Waals surface area contributed by atoms with Crippen molar-refractivity contribution in [2.24, 2.45) is 0 Å². The molecule has 1 saturated heterocycles. The molecule has 0 aliphatic carbocycles. The molecular formula is C25H27FN6O2. The fourth-order valence-corrected chi connectivity index (χ4v) is 4.56. The first-order chi connectivity index (χ1) is 16.6. The summed E-state index contributed by atoms with van der Waals surface area (Å²) in [4.78, 5) is 28.0. The number of nitrogens with zero attached hydrogens (tertiary/aromatic N) is 5. The van der Waals surface area contributed by atoms with Crippen LogP contribution in [0.2, 0.25) is 0 Å². The van der Waals surface area contributed by atoms with Gasteiger partial charge in [-0.05, 0) is 55.8 Å². The summed E-state index contributed by atoms with van der Waals surface area (Å²) in [6.45, 7) is 3.96. The Morgan fingerprint density at radius 2 is 1.79 bits per heavy atom. The third-order valence-corrected chi connectivity index (χ3v) is 6.35. The van der Waals surface area contributed by atoms with Gasteiger partial charge in [0.25, 0.3) is 5.56 Å². The third kappa shape index (κ3) is 4.56. The molecule has 1 aliphatic rings. The number of halogens is 1. The van der Waals surface area contributed by atoms with Crippen LogP contribution < -0.4 is 10.9 Å². The molecular weight excluding hydrogens is 435 g/mol. The number of aryl methyl sites for hydroxylation is 1. The largest absolute Gasteiger partial charge is 0.355 e. The van der Waals surface area contributed by atoms with Gasteiger partial charge < -0.3 is 10.2 Å². The predicted octanol–water partition coefficient (Wildman–Crippen LogP) is 2.38. The smallest absolute Gasteiger partial charge is 0.263 e. The van der Waals surface area contributed by atoms with Gasteiger partial charge in [-0.25, -0.2) is 4.39 Å². The van der Waals surface area contributed by atoms with Crippen molar-refractivity contribution < 1.29 is 9.18 Å². The highest BCUT2D eigenvalue weighted by molar-refractivity contribution is 5.80. The number of nitrogens with one attached hydrogen (secondary N) is 1. The summed E-state index contributed by atoms with van der Waals surface area (Å²) in [5, 5.41) is 12.1. The highest BCUT2D eigenvalue weighted by atomic mass is 19.1. The number of hydrogen-bond donors (Lipinski definition) is 1. The SMILES string of the molecule is O=C(CCc1nnc2n(Cc3ccc(F)cc3)c(=O)c3ccccc3n12)NCCN1CCCC1. The van der Waals surface area contributed by atoms with E-state index in [1.807, 2.05) is 22.6 Å². The first-order valence-corrected chi connectivity index (χ1v) is 11.7. The molecule has 0 spiro atoms. The van der Waals surface area contributed by atoms with E-state index in [0.29, 0.717) is 35.5 Å². The summed E-state index contributed by atoms with van der Waals surface area (Å²) in [7, 11) is 0. The van der Waals surface area contributed by atoms with Gasteiger partial charge in [0.05, 0.1) is 17.4 Å². The van der Waals surface area contributed by atoms with Crippen LogP contribution in [-0.2, 0) is 17.8 Å². The fourth-order valence-electron chi connectivity index (χ4n) is 4.56. The maximum absolute atomic E-state index is 13.3. The van der Waals surface area contributed by atoms with Crippen LogP contribution in [0.1, 0.15) is 30.7 Å². The molecule has 2 aromatic carbocycles. The summed E-state index contributed by atoms with van der Waals surface area (Å²) in [6, 6.07) is 13.3. The Bertz CT molecular complexity index is 1370. The minimum absolute atomic E-state index is 0.0279. The zero-order valence-corrected chi connectivity index (χ0v) is 18.9. The van der Waals surface area contributed by atoms with Crippen molar-refractivity contribution in [1.82, 2.24) is 29.4 Å². The Hall–Kier alpha value is -3.59. The summed E-state index contributed by atoms with van der Waals surface area (Å²) in [6.07, 6.45) is 3.14. The molecule has 5 rings (SSSR count). The molecule has 9 heteroatoms. The van der Waals surface area contributed by atoms with Crippen LogP contribution in [-0.4, -0.2) is 56.2 Å². The number of rotatable bonds is 8. The van der Waals surface area contributed by atoms with Gasteiger partial charge in [-0.2, -0.15) is 0 Å². The number of aromatic nitrogens is 4. The highest BCUT2D eigenvalue weighted by Gasteiger charge is 2.18. The molecule has 0 unspecified atom stereocenters. The van der Waals surface area contributed by atoms with Crippen molar-refractivity contribution in [2.45, 2.75) is 32.2 Å². The van der Waals surface area contributed by atoms with Gasteiger partial charge in [0, 0.05) is 25.9 Å². The van der Waals surface area contributed by atoms with Crippen molar-refractivity contribution in [2.75, 3.05) is 26.2 Å². The molecule has 8 nitrogen and oxygen atoms in total. The quantitative estimate of drug-likeness (QED) is 0.435. The molecule has 34 heavy (non-hydrogen) atoms. The Kier molecular flexibility index (Phi) is 6.35. The topological polar surface area (TPSA) is 84.5 Å². The van der Waals surface area contributed by atoms with E-state index in [4.69, 9.17) is 0 Å². The number of benzene rings is 2. The van der Waals surface area contributed by atoms with E-state index in [1.54, 1.807) is 22.8 Å². The number of carbonyl (C=O) groups is 1. The Balaban J connectivity index is 1.39. The standard InChI is InChI=1S/C25H27FN6O2/c26-19-9-7-18(8-10-19)17-31-24(34)20-5-1-2-6-21(20)32-22(28-29-25(31)32)11-12-23(33)27-13-16-30-14-3-4-15-30/h1-2,5-10H,3-4,11-17H2,(H,27,33). The van der Waals surface area contributed by atoms with E-state index in [0.717, 1.165) is 25.2 Å². The monoisotopic (exact) mass is 462 g/mol. The minimum Gasteiger partial charge on any atom is -0.355 e. The van der Waals surface area contributed by atoms with Gasteiger partial charge in [0.2, 0.25) is 11.7 Å². The molecule has 0 atom stereocenters. The maximum Gasteiger partial charge on any atom is 0.263 e. The van der Waals surface area contributed by atoms with Crippen molar-refractivity contribution in [3.05, 3.63) is 76.1 Å². The first kappa shape index (κ1) is 22.2. The first-order valence-electron chi connectivity index (χ1n) is 11.7. The van der Waals surface area contributed by atoms with E-state index in [2.05, 4.69) is 20.4 Å². The summed E-state index contributed by atoms with van der Waals surface area (Å²) >= 11 is 0. The van der Waals surface area contributed by atoms with Crippen LogP contribution in [0.5, 0.6) is 0 Å². The second-order valence-corrected chi connectivity index (χ2v) is 8.69. The number of hydrogen-bond acceptors (Lipinski definition) is 5. The lowest BCUT2D eigenvalue weighted by Gasteiger charge is -2.14. The van der Waals surface area contributed by atoms with Crippen LogP contribution in [0.25, 0.3) is 16.7 Å². The van der Waals surface area contributed by atoms with E-state index in [9.17, 15) is 14.0 Å². The molecule has 1 fully saturated rings. The Morgan fingerprint density at radius 3 is 2.59 bits per heavy atom. The molecule has 0 radical (unpaired) electrons. The average molecular weight is 463 g/mol. The van der Waals surface area contributed by atoms with Crippen LogP contribution >= 0.6 is 0 Å². The molecule has 1 amide bonds. The molecule has 4 aromatic rings. The van der Waals surface area contributed by atoms with Crippen molar-refractivity contribution in [3.63, 3.8) is 0 Å². The number of carbonyl (C=O) groups excluding carboxylic acids is 1. The van der Waals surface area contributed by atoms with Gasteiger partial charge in [-0.3, -0.25) is 18.6 Å². The Labute approximate surface area is 196 Å². The fraction of sp³-hybridized carbons (Fsp3) is 0.360. The number of fused-ring (bicyclic) bond motifs is 3. The molecule has 3 heterocycles. The van der Waals surface area contributed by atoms with Gasteiger partial charge in [0.1, 0.15) is 11.6 Å². The van der Waals surface area contributed by atoms with E-state index in [1.165, 1.54) is 25.0 Å². The lowest BCUT2D eigenvalue weighted by Crippen LogP contribution is -2.33. The van der Waals surface area contributed by atoms with Crippen molar-refractivity contribution in [1.29, 1.82) is 0 Å². The zero-order valence-electron chi connectivity index (χ0n) is 18.9. The van der Waals surface area contributed by atoms with Gasteiger partial charge in [-0.1, -0.05) is 24.3 Å². The third-order valence-electron chi connectivity index (χ3n) is 6.35. The number of likely N-dealkylation sites (tertiary alicyclic amines) is 1. The molecule has 1 aliphatic heterocycles. The van der Waals surface area contributed by atoms with E-state index < -0.39 is 0 Å². The Morgan fingerprint density at radius 1 is 1.03 bits per heavy atom. The lowest BCUT2D eigenvalue weighted by molar-refractivity contribution is -0.121. The van der Waals surface area contributed by atoms with Gasteiger partial charge >= 0.3 is 0 Å². The summed E-state index contributed by atoms with van der Waals surface area (Å²) < 4.78 is 16.7. The average Bonchev–Trinajstić information content (AvgIpc) is 3.52. The van der Waals surface area contributed by atoms with Crippen molar-refractivity contribution in [3.8, 4) is 0 Å². The lowest BCUT2D eigenvalue weighted by atomic mass is 10.2. The summed E-state index contributed by atoms with van der Waals surface area (Å²) in [5.41, 5.74) is 1.29. The molecule has 2 aromatic heterocycles. The molecule has 0 bridgehead atoms. The van der Waals surface area contributed by atoms with Crippen LogP contribution in [0.3, 0.4) is 0 Å². The van der Waals surface area contributed by atoms with E-state index in [-0.39, 0.29) is 30.2 Å². The predicted molar refractivity (Wildman–Crippen MR) is 127 cm³/mol. The van der Waals surface area contributed by atoms with Gasteiger partial charge in [-0.15, -0.1) is 10.2 Å². The normalized spacial score (nSPS) is 14.3. The van der Waals surface area contributed by atoms with Gasteiger partial charge in [0.15, 0.2) is 0 Å². The second-order valence-electron chi connectivity index (χ2n) is 8.69. The molecule has 1 N–H and O–H groups in total. The van der Waals surface area contributed by atoms with Crippen molar-refractivity contribution >= 4 is 22.6 Å². The molecule has 176 valence electrons. The minimum atomic E-state index is -0.330. The number of para-hydroxylation sites is 1.